The molecule has 0 radical (unpaired) electrons. The smallest absolute Gasteiger partial charge is 0.408 e. The molecule has 0 aromatic rings. The van der Waals surface area contributed by atoms with E-state index in [4.69, 9.17) is 14.6 Å². The summed E-state index contributed by atoms with van der Waals surface area (Å²) in [7, 11) is 0. The molecule has 0 bridgehead atoms. The van der Waals surface area contributed by atoms with Crippen molar-refractivity contribution < 1.29 is 29.0 Å². The van der Waals surface area contributed by atoms with E-state index in [0.717, 1.165) is 12.8 Å². The third-order valence-corrected chi connectivity index (χ3v) is 3.94. The number of nitrogens with one attached hydrogen (secondary N) is 2. The highest BCUT2D eigenvalue weighted by atomic mass is 16.6. The predicted octanol–water partition coefficient (Wildman–Crippen LogP) is 0.929. The lowest BCUT2D eigenvalue weighted by molar-refractivity contribution is -0.126. The normalized spacial score (nSPS) is 23.2. The molecule has 1 aliphatic carbocycles. The second kappa shape index (κ2) is 7.47. The molecule has 2 rings (SSSR count). The summed E-state index contributed by atoms with van der Waals surface area (Å²) >= 11 is 0. The minimum atomic E-state index is -1.06. The summed E-state index contributed by atoms with van der Waals surface area (Å²) in [5.41, 5.74) is -1.57. The number of alkyl carbamates (subject to hydrolysis) is 1. The predicted molar refractivity (Wildman–Crippen MR) is 88.3 cm³/mol. The van der Waals surface area contributed by atoms with Gasteiger partial charge < -0.3 is 30.1 Å². The summed E-state index contributed by atoms with van der Waals surface area (Å²) in [6.45, 7) is 5.52. The topological polar surface area (TPSA) is 117 Å². The molecule has 1 heterocycles. The molecule has 0 spiro atoms. The summed E-state index contributed by atoms with van der Waals surface area (Å²) < 4.78 is 10.7. The Labute approximate surface area is 147 Å². The molecule has 25 heavy (non-hydrogen) atoms. The Balaban J connectivity index is 1.91. The van der Waals surface area contributed by atoms with Crippen LogP contribution in [0.5, 0.6) is 0 Å². The maximum atomic E-state index is 12.1. The molecule has 1 aliphatic heterocycles. The van der Waals surface area contributed by atoms with Gasteiger partial charge in [-0.05, 0) is 40.0 Å². The van der Waals surface area contributed by atoms with Gasteiger partial charge in [0.2, 0.25) is 5.91 Å². The molecule has 0 aromatic heterocycles. The number of carboxylic acid groups (broad SMARTS) is 1. The van der Waals surface area contributed by atoms with E-state index in [9.17, 15) is 14.4 Å². The van der Waals surface area contributed by atoms with Crippen molar-refractivity contribution in [2.75, 3.05) is 26.3 Å². The summed E-state index contributed by atoms with van der Waals surface area (Å²) in [6.07, 6.45) is 0.681. The summed E-state index contributed by atoms with van der Waals surface area (Å²) in [4.78, 5) is 36.2. The standard InChI is InChI=1S/C16H27N3O6/c1-15(2,3)25-13(21)18-16(6-7-19(9-16)14(22)23)10-24-8-12(20)17-11-4-5-11/h11H,4-10H2,1-3H3,(H,17,20)(H,18,21)(H,22,23)/t16-/m1/s1. The van der Waals surface area contributed by atoms with Gasteiger partial charge in [-0.15, -0.1) is 0 Å². The number of carbonyl (C=O) groups is 3. The van der Waals surface area contributed by atoms with Gasteiger partial charge in [0.05, 0.1) is 12.1 Å². The van der Waals surface area contributed by atoms with Crippen molar-refractivity contribution in [1.82, 2.24) is 15.5 Å². The molecule has 2 aliphatic rings. The van der Waals surface area contributed by atoms with Crippen molar-refractivity contribution in [3.63, 3.8) is 0 Å². The van der Waals surface area contributed by atoms with Crippen LogP contribution in [0.15, 0.2) is 0 Å². The largest absolute Gasteiger partial charge is 0.465 e. The highest BCUT2D eigenvalue weighted by Crippen LogP contribution is 2.23. The minimum absolute atomic E-state index is 0.0358. The maximum Gasteiger partial charge on any atom is 0.408 e. The van der Waals surface area contributed by atoms with E-state index in [2.05, 4.69) is 10.6 Å². The molecule has 3 N–H and O–H groups in total. The van der Waals surface area contributed by atoms with Crippen molar-refractivity contribution in [2.24, 2.45) is 0 Å². The maximum absolute atomic E-state index is 12.1. The lowest BCUT2D eigenvalue weighted by Gasteiger charge is -2.31. The average Bonchev–Trinajstić information content (AvgIpc) is 3.15. The van der Waals surface area contributed by atoms with Crippen LogP contribution in [0.1, 0.15) is 40.0 Å². The van der Waals surface area contributed by atoms with E-state index in [1.54, 1.807) is 20.8 Å². The molecule has 9 nitrogen and oxygen atoms in total. The number of ether oxygens (including phenoxy) is 2. The molecule has 1 saturated carbocycles. The summed E-state index contributed by atoms with van der Waals surface area (Å²) in [5.74, 6) is -0.206. The Morgan fingerprint density at radius 1 is 1.28 bits per heavy atom. The lowest BCUT2D eigenvalue weighted by Crippen LogP contribution is -2.55. The first kappa shape index (κ1) is 19.3. The Hall–Kier alpha value is -2.03. The molecular weight excluding hydrogens is 330 g/mol. The first-order valence-corrected chi connectivity index (χ1v) is 8.45. The van der Waals surface area contributed by atoms with Crippen molar-refractivity contribution >= 4 is 18.1 Å². The fourth-order valence-corrected chi connectivity index (χ4v) is 2.65. The number of nitrogens with zero attached hydrogens (tertiary/aromatic N) is 1. The van der Waals surface area contributed by atoms with E-state index in [0.29, 0.717) is 6.42 Å². The van der Waals surface area contributed by atoms with Crippen LogP contribution < -0.4 is 10.6 Å². The van der Waals surface area contributed by atoms with E-state index in [1.807, 2.05) is 0 Å². The number of likely N-dealkylation sites (tertiary alicyclic amines) is 1. The van der Waals surface area contributed by atoms with Gasteiger partial charge in [0.25, 0.3) is 0 Å². The molecule has 1 saturated heterocycles. The molecule has 9 heteroatoms. The van der Waals surface area contributed by atoms with E-state index in [1.165, 1.54) is 4.90 Å². The van der Waals surface area contributed by atoms with Crippen LogP contribution in [0, 0.1) is 0 Å². The number of rotatable bonds is 6. The van der Waals surface area contributed by atoms with Crippen LogP contribution in [0.4, 0.5) is 9.59 Å². The average molecular weight is 357 g/mol. The summed E-state index contributed by atoms with van der Waals surface area (Å²) in [5, 5.41) is 14.7. The molecule has 3 amide bonds. The Morgan fingerprint density at radius 2 is 1.96 bits per heavy atom. The lowest BCUT2D eigenvalue weighted by atomic mass is 10.0. The van der Waals surface area contributed by atoms with Gasteiger partial charge in [-0.2, -0.15) is 0 Å². The van der Waals surface area contributed by atoms with Gasteiger partial charge >= 0.3 is 12.2 Å². The van der Waals surface area contributed by atoms with Crippen LogP contribution in [-0.2, 0) is 14.3 Å². The first-order valence-electron chi connectivity index (χ1n) is 8.45. The van der Waals surface area contributed by atoms with E-state index < -0.39 is 23.3 Å². The molecule has 1 atom stereocenters. The monoisotopic (exact) mass is 357 g/mol. The van der Waals surface area contributed by atoms with Gasteiger partial charge in [0.15, 0.2) is 0 Å². The second-order valence-electron chi connectivity index (χ2n) is 7.70. The highest BCUT2D eigenvalue weighted by molar-refractivity contribution is 5.77. The van der Waals surface area contributed by atoms with E-state index in [-0.39, 0.29) is 38.3 Å². The van der Waals surface area contributed by atoms with Crippen LogP contribution in [-0.4, -0.2) is 71.6 Å². The van der Waals surface area contributed by atoms with Gasteiger partial charge in [0, 0.05) is 19.1 Å². The van der Waals surface area contributed by atoms with Crippen LogP contribution in [0.3, 0.4) is 0 Å². The van der Waals surface area contributed by atoms with Gasteiger partial charge in [0.1, 0.15) is 12.2 Å². The molecule has 0 aromatic carbocycles. The SMILES string of the molecule is CC(C)(C)OC(=O)N[C@]1(COCC(=O)NC2CC2)CCN(C(=O)O)C1. The fraction of sp³-hybridized carbons (Fsp3) is 0.812. The Morgan fingerprint density at radius 3 is 2.48 bits per heavy atom. The van der Waals surface area contributed by atoms with Crippen molar-refractivity contribution in [1.29, 1.82) is 0 Å². The van der Waals surface area contributed by atoms with Gasteiger partial charge in [-0.3, -0.25) is 4.79 Å². The second-order valence-corrected chi connectivity index (χ2v) is 7.70. The number of amides is 3. The van der Waals surface area contributed by atoms with Gasteiger partial charge in [-0.25, -0.2) is 9.59 Å². The fourth-order valence-electron chi connectivity index (χ4n) is 2.65. The zero-order valence-corrected chi connectivity index (χ0v) is 15.0. The van der Waals surface area contributed by atoms with Gasteiger partial charge in [-0.1, -0.05) is 0 Å². The first-order chi connectivity index (χ1) is 11.6. The van der Waals surface area contributed by atoms with Crippen LogP contribution in [0.2, 0.25) is 0 Å². The third kappa shape index (κ3) is 6.41. The van der Waals surface area contributed by atoms with Crippen LogP contribution >= 0.6 is 0 Å². The van der Waals surface area contributed by atoms with Crippen molar-refractivity contribution in [3.05, 3.63) is 0 Å². The third-order valence-electron chi connectivity index (χ3n) is 3.94. The number of hydrogen-bond acceptors (Lipinski definition) is 5. The highest BCUT2D eigenvalue weighted by Gasteiger charge is 2.42. The zero-order chi connectivity index (χ0) is 18.7. The zero-order valence-electron chi connectivity index (χ0n) is 15.0. The Bertz CT molecular complexity index is 528. The minimum Gasteiger partial charge on any atom is -0.465 e. The quantitative estimate of drug-likeness (QED) is 0.651. The molecule has 2 fully saturated rings. The van der Waals surface area contributed by atoms with Crippen molar-refractivity contribution in [2.45, 2.75) is 57.2 Å². The molecular formula is C16H27N3O6. The molecule has 142 valence electrons. The Kier molecular flexibility index (Phi) is 5.76. The molecule has 0 unspecified atom stereocenters. The van der Waals surface area contributed by atoms with E-state index >= 15 is 0 Å². The summed E-state index contributed by atoms with van der Waals surface area (Å²) in [6, 6.07) is 0.249. The van der Waals surface area contributed by atoms with Crippen LogP contribution in [0.25, 0.3) is 0 Å². The van der Waals surface area contributed by atoms with Crippen molar-refractivity contribution in [3.8, 4) is 0 Å². The number of hydrogen-bond donors (Lipinski definition) is 3. The number of carbonyl (C=O) groups excluding carboxylic acids is 2.